The second-order valence-corrected chi connectivity index (χ2v) is 5.47. The van der Waals surface area contributed by atoms with E-state index in [4.69, 9.17) is 0 Å². The summed E-state index contributed by atoms with van der Waals surface area (Å²) in [5.74, 6) is -0.789. The highest BCUT2D eigenvalue weighted by Crippen LogP contribution is 2.15. The molecule has 0 radical (unpaired) electrons. The number of nitrogens with one attached hydrogen (secondary N) is 2. The van der Waals surface area contributed by atoms with E-state index in [9.17, 15) is 9.59 Å². The molecule has 110 valence electrons. The third kappa shape index (κ3) is 3.44. The van der Waals surface area contributed by atoms with Crippen LogP contribution in [0.5, 0.6) is 0 Å². The fraction of sp³-hybridized carbons (Fsp3) is 0.286. The highest BCUT2D eigenvalue weighted by molar-refractivity contribution is 5.98. The highest BCUT2D eigenvalue weighted by Gasteiger charge is 2.30. The fourth-order valence-electron chi connectivity index (χ4n) is 1.70. The smallest absolute Gasteiger partial charge is 0.267 e. The minimum Gasteiger partial charge on any atom is -0.267 e. The van der Waals surface area contributed by atoms with Crippen LogP contribution >= 0.6 is 0 Å². The molecule has 0 saturated carbocycles. The molecule has 0 aliphatic heterocycles. The fourth-order valence-corrected chi connectivity index (χ4v) is 1.70. The number of nitrogens with zero attached hydrogens (tertiary/aromatic N) is 3. The molecule has 0 saturated heterocycles. The Morgan fingerprint density at radius 2 is 1.86 bits per heavy atom. The predicted octanol–water partition coefficient (Wildman–Crippen LogP) is 1.39. The Balaban J connectivity index is 2.24. The molecule has 1 heterocycles. The van der Waals surface area contributed by atoms with Crippen molar-refractivity contribution in [2.75, 3.05) is 0 Å². The SMILES string of the molecule is CC(C)(C)N(NC(=O)c1cn[nH]n1)C(=O)c1ccccc1. The van der Waals surface area contributed by atoms with Crippen LogP contribution in [0.15, 0.2) is 36.5 Å². The second-order valence-electron chi connectivity index (χ2n) is 5.47. The van der Waals surface area contributed by atoms with Crippen molar-refractivity contribution in [3.63, 3.8) is 0 Å². The quantitative estimate of drug-likeness (QED) is 0.817. The summed E-state index contributed by atoms with van der Waals surface area (Å²) in [6, 6.07) is 8.76. The number of aromatic nitrogens is 3. The number of amides is 2. The van der Waals surface area contributed by atoms with E-state index < -0.39 is 11.4 Å². The predicted molar refractivity (Wildman–Crippen MR) is 76.2 cm³/mol. The summed E-state index contributed by atoms with van der Waals surface area (Å²) in [6.07, 6.45) is 1.29. The first-order valence-corrected chi connectivity index (χ1v) is 6.46. The van der Waals surface area contributed by atoms with Gasteiger partial charge in [-0.3, -0.25) is 15.0 Å². The average molecular weight is 287 g/mol. The first-order chi connectivity index (χ1) is 9.89. The summed E-state index contributed by atoms with van der Waals surface area (Å²) in [5, 5.41) is 10.9. The van der Waals surface area contributed by atoms with Gasteiger partial charge < -0.3 is 0 Å². The van der Waals surface area contributed by atoms with Crippen LogP contribution in [0.2, 0.25) is 0 Å². The lowest BCUT2D eigenvalue weighted by molar-refractivity contribution is 0.0356. The lowest BCUT2D eigenvalue weighted by atomic mass is 10.1. The van der Waals surface area contributed by atoms with Crippen LogP contribution in [0.3, 0.4) is 0 Å². The van der Waals surface area contributed by atoms with E-state index in [1.54, 1.807) is 24.3 Å². The van der Waals surface area contributed by atoms with Crippen LogP contribution in [0, 0.1) is 0 Å². The highest BCUT2D eigenvalue weighted by atomic mass is 16.2. The Morgan fingerprint density at radius 1 is 1.19 bits per heavy atom. The summed E-state index contributed by atoms with van der Waals surface area (Å²) in [7, 11) is 0. The molecule has 21 heavy (non-hydrogen) atoms. The van der Waals surface area contributed by atoms with Crippen molar-refractivity contribution < 1.29 is 9.59 Å². The number of carbonyl (C=O) groups is 2. The van der Waals surface area contributed by atoms with Crippen LogP contribution in [0.25, 0.3) is 0 Å². The first kappa shape index (κ1) is 14.7. The Morgan fingerprint density at radius 3 is 2.38 bits per heavy atom. The molecule has 2 amide bonds. The molecule has 2 N–H and O–H groups in total. The molecule has 0 fully saturated rings. The minimum atomic E-state index is -0.591. The number of benzene rings is 1. The van der Waals surface area contributed by atoms with Crippen molar-refractivity contribution in [2.24, 2.45) is 0 Å². The van der Waals surface area contributed by atoms with Crippen molar-refractivity contribution in [1.82, 2.24) is 25.8 Å². The van der Waals surface area contributed by atoms with Gasteiger partial charge in [0.05, 0.1) is 11.7 Å². The van der Waals surface area contributed by atoms with Gasteiger partial charge in [0, 0.05) is 5.56 Å². The number of hydrogen-bond donors (Lipinski definition) is 2. The van der Waals surface area contributed by atoms with Gasteiger partial charge in [0.1, 0.15) is 0 Å². The van der Waals surface area contributed by atoms with Gasteiger partial charge in [-0.2, -0.15) is 15.4 Å². The molecule has 0 atom stereocenters. The largest absolute Gasteiger partial charge is 0.292 e. The molecule has 2 rings (SSSR count). The van der Waals surface area contributed by atoms with Crippen molar-refractivity contribution in [2.45, 2.75) is 26.3 Å². The molecule has 0 unspecified atom stereocenters. The first-order valence-electron chi connectivity index (χ1n) is 6.46. The summed E-state index contributed by atoms with van der Waals surface area (Å²) >= 11 is 0. The monoisotopic (exact) mass is 287 g/mol. The third-order valence-corrected chi connectivity index (χ3v) is 2.76. The zero-order chi connectivity index (χ0) is 15.5. The number of rotatable bonds is 2. The standard InChI is InChI=1S/C14H17N5O2/c1-14(2,3)19(13(21)10-7-5-4-6-8-10)17-12(20)11-9-15-18-16-11/h4-9H,1-3H3,(H,17,20)(H,15,16,18). The summed E-state index contributed by atoms with van der Waals surface area (Å²) in [4.78, 5) is 24.6. The zero-order valence-electron chi connectivity index (χ0n) is 12.1. The molecule has 7 heteroatoms. The molecular formula is C14H17N5O2. The van der Waals surface area contributed by atoms with Gasteiger partial charge in [-0.25, -0.2) is 5.01 Å². The lowest BCUT2D eigenvalue weighted by Crippen LogP contribution is -2.55. The molecule has 0 bridgehead atoms. The Bertz CT molecular complexity index is 617. The maximum Gasteiger partial charge on any atom is 0.292 e. The lowest BCUT2D eigenvalue weighted by Gasteiger charge is -2.35. The van der Waals surface area contributed by atoms with Crippen LogP contribution in [0.1, 0.15) is 41.6 Å². The van der Waals surface area contributed by atoms with Gasteiger partial charge in [-0.05, 0) is 32.9 Å². The topological polar surface area (TPSA) is 91.0 Å². The minimum absolute atomic E-state index is 0.116. The number of aromatic amines is 1. The van der Waals surface area contributed by atoms with Gasteiger partial charge in [0.25, 0.3) is 11.8 Å². The Hall–Kier alpha value is -2.70. The van der Waals surface area contributed by atoms with Crippen LogP contribution in [-0.4, -0.2) is 37.8 Å². The molecule has 2 aromatic rings. The molecule has 7 nitrogen and oxygen atoms in total. The summed E-state index contributed by atoms with van der Waals surface area (Å²) < 4.78 is 0. The number of hydrazine groups is 1. The van der Waals surface area contributed by atoms with Crippen LogP contribution < -0.4 is 5.43 Å². The van der Waals surface area contributed by atoms with Gasteiger partial charge in [-0.1, -0.05) is 18.2 Å². The van der Waals surface area contributed by atoms with E-state index in [2.05, 4.69) is 20.8 Å². The van der Waals surface area contributed by atoms with E-state index in [0.29, 0.717) is 5.56 Å². The summed E-state index contributed by atoms with van der Waals surface area (Å²) in [5.41, 5.74) is 2.60. The number of H-pyrrole nitrogens is 1. The average Bonchev–Trinajstić information content (AvgIpc) is 2.98. The van der Waals surface area contributed by atoms with Gasteiger partial charge in [-0.15, -0.1) is 0 Å². The van der Waals surface area contributed by atoms with Crippen molar-refractivity contribution in [3.8, 4) is 0 Å². The molecule has 1 aromatic heterocycles. The van der Waals surface area contributed by atoms with Gasteiger partial charge in [0.2, 0.25) is 0 Å². The van der Waals surface area contributed by atoms with Crippen molar-refractivity contribution in [1.29, 1.82) is 0 Å². The third-order valence-electron chi connectivity index (χ3n) is 2.76. The van der Waals surface area contributed by atoms with Gasteiger partial charge >= 0.3 is 0 Å². The van der Waals surface area contributed by atoms with E-state index >= 15 is 0 Å². The Labute approximate surface area is 122 Å². The normalized spacial score (nSPS) is 11.0. The maximum absolute atomic E-state index is 12.6. The van der Waals surface area contributed by atoms with Crippen molar-refractivity contribution >= 4 is 11.8 Å². The Kier molecular flexibility index (Phi) is 4.02. The molecule has 1 aromatic carbocycles. The van der Waals surface area contributed by atoms with E-state index in [-0.39, 0.29) is 11.6 Å². The van der Waals surface area contributed by atoms with E-state index in [1.165, 1.54) is 11.2 Å². The number of hydrogen-bond acceptors (Lipinski definition) is 4. The second kappa shape index (κ2) is 5.74. The van der Waals surface area contributed by atoms with E-state index in [1.807, 2.05) is 26.8 Å². The number of carbonyl (C=O) groups excluding carboxylic acids is 2. The van der Waals surface area contributed by atoms with Crippen LogP contribution in [-0.2, 0) is 0 Å². The maximum atomic E-state index is 12.6. The van der Waals surface area contributed by atoms with E-state index in [0.717, 1.165) is 0 Å². The van der Waals surface area contributed by atoms with Crippen molar-refractivity contribution in [3.05, 3.63) is 47.8 Å². The zero-order valence-corrected chi connectivity index (χ0v) is 12.1. The molecular weight excluding hydrogens is 270 g/mol. The molecule has 0 spiro atoms. The molecule has 0 aliphatic rings. The van der Waals surface area contributed by atoms with Crippen LogP contribution in [0.4, 0.5) is 0 Å². The van der Waals surface area contributed by atoms with Gasteiger partial charge in [0.15, 0.2) is 5.69 Å². The summed E-state index contributed by atoms with van der Waals surface area (Å²) in [6.45, 7) is 5.49. The molecule has 0 aliphatic carbocycles.